The Morgan fingerprint density at radius 2 is 1.87 bits per heavy atom. The summed E-state index contributed by atoms with van der Waals surface area (Å²) in [6, 6.07) is 0. The Labute approximate surface area is 93.7 Å². The molecule has 0 atom stereocenters. The van der Waals surface area contributed by atoms with E-state index in [1.165, 1.54) is 0 Å². The van der Waals surface area contributed by atoms with Crippen molar-refractivity contribution in [2.24, 2.45) is 5.41 Å². The maximum Gasteiger partial charge on any atom is 0.212 e. The molecule has 0 aromatic heterocycles. The molecule has 0 saturated carbocycles. The number of hydrogen-bond donors (Lipinski definition) is 1. The molecule has 0 saturated heterocycles. The second kappa shape index (κ2) is 6.14. The molecule has 0 aromatic carbocycles. The van der Waals surface area contributed by atoms with Gasteiger partial charge in [-0.25, -0.2) is 13.1 Å². The fourth-order valence-electron chi connectivity index (χ4n) is 1.20. The smallest absolute Gasteiger partial charge is 0.212 e. The predicted octanol–water partition coefficient (Wildman–Crippen LogP) is 1.76. The first-order chi connectivity index (χ1) is 6.77. The van der Waals surface area contributed by atoms with E-state index in [1.807, 2.05) is 20.8 Å². The lowest BCUT2D eigenvalue weighted by atomic mass is 10.0. The monoisotopic (exact) mass is 231 g/mol. The van der Waals surface area contributed by atoms with Gasteiger partial charge in [0.25, 0.3) is 0 Å². The summed E-state index contributed by atoms with van der Waals surface area (Å²) in [4.78, 5) is 0. The average Bonchev–Trinajstić information content (AvgIpc) is 1.99. The minimum atomic E-state index is -3.13. The van der Waals surface area contributed by atoms with Crippen LogP contribution < -0.4 is 4.72 Å². The van der Waals surface area contributed by atoms with Crippen LogP contribution in [0, 0.1) is 17.8 Å². The highest BCUT2D eigenvalue weighted by molar-refractivity contribution is 7.89. The molecule has 0 unspecified atom stereocenters. The summed E-state index contributed by atoms with van der Waals surface area (Å²) >= 11 is 0. The van der Waals surface area contributed by atoms with Crippen LogP contribution in [-0.4, -0.2) is 20.7 Å². The molecule has 0 aliphatic carbocycles. The van der Waals surface area contributed by atoms with Crippen LogP contribution >= 0.6 is 0 Å². The molecule has 0 rings (SSSR count). The third-order valence-corrected chi connectivity index (χ3v) is 3.58. The fourth-order valence-corrected chi connectivity index (χ4v) is 2.90. The zero-order valence-electron chi connectivity index (χ0n) is 9.84. The first kappa shape index (κ1) is 14.5. The van der Waals surface area contributed by atoms with Gasteiger partial charge in [0.05, 0.1) is 5.75 Å². The van der Waals surface area contributed by atoms with Crippen molar-refractivity contribution >= 4 is 10.0 Å². The van der Waals surface area contributed by atoms with Gasteiger partial charge in [0.2, 0.25) is 10.0 Å². The Balaban J connectivity index is 3.82. The van der Waals surface area contributed by atoms with Crippen LogP contribution in [0.2, 0.25) is 0 Å². The Morgan fingerprint density at radius 3 is 2.33 bits per heavy atom. The molecule has 0 heterocycles. The zero-order valence-corrected chi connectivity index (χ0v) is 10.7. The minimum Gasteiger partial charge on any atom is -0.215 e. The van der Waals surface area contributed by atoms with Crippen molar-refractivity contribution in [1.82, 2.24) is 4.72 Å². The number of unbranched alkanes of at least 4 members (excludes halogenated alkanes) is 2. The molecule has 15 heavy (non-hydrogen) atoms. The number of terminal acetylenes is 1. The molecule has 0 aliphatic heterocycles. The van der Waals surface area contributed by atoms with Crippen molar-refractivity contribution in [2.45, 2.75) is 40.0 Å². The van der Waals surface area contributed by atoms with Crippen LogP contribution in [0.1, 0.15) is 40.0 Å². The van der Waals surface area contributed by atoms with E-state index in [4.69, 9.17) is 6.42 Å². The Morgan fingerprint density at radius 1 is 1.27 bits per heavy atom. The van der Waals surface area contributed by atoms with Gasteiger partial charge in [-0.05, 0) is 18.3 Å². The standard InChI is InChI=1S/C11H21NO2S/c1-5-6-7-8-9-12-15(13,14)10-11(2,3)4/h1,12H,6-10H2,2-4H3. The molecule has 88 valence electrons. The minimum absolute atomic E-state index is 0.162. The molecule has 4 heteroatoms. The summed E-state index contributed by atoms with van der Waals surface area (Å²) in [5, 5.41) is 0. The summed E-state index contributed by atoms with van der Waals surface area (Å²) in [5.74, 6) is 2.69. The van der Waals surface area contributed by atoms with Gasteiger partial charge in [0.15, 0.2) is 0 Å². The zero-order chi connectivity index (χ0) is 11.9. The quantitative estimate of drug-likeness (QED) is 0.559. The molecule has 0 fully saturated rings. The number of sulfonamides is 1. The highest BCUT2D eigenvalue weighted by atomic mass is 32.2. The van der Waals surface area contributed by atoms with Gasteiger partial charge in [0, 0.05) is 13.0 Å². The molecule has 3 nitrogen and oxygen atoms in total. The van der Waals surface area contributed by atoms with Crippen LogP contribution in [0.4, 0.5) is 0 Å². The SMILES string of the molecule is C#CCCCCNS(=O)(=O)CC(C)(C)C. The lowest BCUT2D eigenvalue weighted by Gasteiger charge is -2.18. The largest absolute Gasteiger partial charge is 0.215 e. The normalized spacial score (nSPS) is 12.4. The number of rotatable bonds is 6. The average molecular weight is 231 g/mol. The van der Waals surface area contributed by atoms with E-state index < -0.39 is 10.0 Å². The van der Waals surface area contributed by atoms with E-state index in [1.54, 1.807) is 0 Å². The topological polar surface area (TPSA) is 46.2 Å². The van der Waals surface area contributed by atoms with Crippen LogP contribution in [0.3, 0.4) is 0 Å². The van der Waals surface area contributed by atoms with E-state index in [2.05, 4.69) is 10.6 Å². The Hall–Kier alpha value is -0.530. The lowest BCUT2D eigenvalue weighted by Crippen LogP contribution is -2.32. The van der Waals surface area contributed by atoms with Gasteiger partial charge < -0.3 is 0 Å². The first-order valence-electron chi connectivity index (χ1n) is 5.18. The highest BCUT2D eigenvalue weighted by Crippen LogP contribution is 2.15. The molecule has 0 aromatic rings. The third kappa shape index (κ3) is 9.77. The first-order valence-corrected chi connectivity index (χ1v) is 6.83. The van der Waals surface area contributed by atoms with Crippen molar-refractivity contribution in [3.05, 3.63) is 0 Å². The van der Waals surface area contributed by atoms with E-state index in [-0.39, 0.29) is 11.2 Å². The third-order valence-electron chi connectivity index (χ3n) is 1.69. The molecule has 0 amide bonds. The van der Waals surface area contributed by atoms with Crippen molar-refractivity contribution in [2.75, 3.05) is 12.3 Å². The van der Waals surface area contributed by atoms with Crippen molar-refractivity contribution < 1.29 is 8.42 Å². The maximum absolute atomic E-state index is 11.5. The molecule has 1 N–H and O–H groups in total. The number of nitrogens with one attached hydrogen (secondary N) is 1. The maximum atomic E-state index is 11.5. The number of hydrogen-bond acceptors (Lipinski definition) is 2. The van der Waals surface area contributed by atoms with Gasteiger partial charge in [0.1, 0.15) is 0 Å². The van der Waals surface area contributed by atoms with Gasteiger partial charge >= 0.3 is 0 Å². The summed E-state index contributed by atoms with van der Waals surface area (Å²) in [6.45, 7) is 6.21. The molecule has 0 aliphatic rings. The van der Waals surface area contributed by atoms with Crippen LogP contribution in [0.15, 0.2) is 0 Å². The molecule has 0 spiro atoms. The highest BCUT2D eigenvalue weighted by Gasteiger charge is 2.20. The van der Waals surface area contributed by atoms with E-state index in [0.717, 1.165) is 12.8 Å². The summed E-state index contributed by atoms with van der Waals surface area (Å²) in [6.07, 6.45) is 7.47. The van der Waals surface area contributed by atoms with Crippen molar-refractivity contribution in [3.8, 4) is 12.3 Å². The van der Waals surface area contributed by atoms with Crippen molar-refractivity contribution in [3.63, 3.8) is 0 Å². The van der Waals surface area contributed by atoms with Crippen LogP contribution in [0.25, 0.3) is 0 Å². The molecular weight excluding hydrogens is 210 g/mol. The van der Waals surface area contributed by atoms with E-state index >= 15 is 0 Å². The summed E-state index contributed by atoms with van der Waals surface area (Å²) in [5.41, 5.74) is -0.204. The van der Waals surface area contributed by atoms with Gasteiger partial charge in [-0.3, -0.25) is 0 Å². The second-order valence-corrected chi connectivity index (χ2v) is 6.68. The van der Waals surface area contributed by atoms with Gasteiger partial charge in [-0.15, -0.1) is 12.3 Å². The van der Waals surface area contributed by atoms with Crippen molar-refractivity contribution in [1.29, 1.82) is 0 Å². The summed E-state index contributed by atoms with van der Waals surface area (Å²) < 4.78 is 25.6. The van der Waals surface area contributed by atoms with E-state index in [9.17, 15) is 8.42 Å². The lowest BCUT2D eigenvalue weighted by molar-refractivity contribution is 0.457. The Bertz CT molecular complexity index is 306. The fraction of sp³-hybridized carbons (Fsp3) is 0.818. The molecule has 0 radical (unpaired) electrons. The van der Waals surface area contributed by atoms with Crippen LogP contribution in [-0.2, 0) is 10.0 Å². The second-order valence-electron chi connectivity index (χ2n) is 4.88. The van der Waals surface area contributed by atoms with Gasteiger partial charge in [-0.1, -0.05) is 20.8 Å². The predicted molar refractivity (Wildman–Crippen MR) is 63.9 cm³/mol. The van der Waals surface area contributed by atoms with Crippen LogP contribution in [0.5, 0.6) is 0 Å². The Kier molecular flexibility index (Phi) is 5.92. The van der Waals surface area contributed by atoms with E-state index in [0.29, 0.717) is 13.0 Å². The molecular formula is C11H21NO2S. The van der Waals surface area contributed by atoms with Gasteiger partial charge in [-0.2, -0.15) is 0 Å². The summed E-state index contributed by atoms with van der Waals surface area (Å²) in [7, 11) is -3.13. The molecule has 0 bridgehead atoms.